The van der Waals surface area contributed by atoms with Crippen LogP contribution in [0, 0.1) is 0 Å². The first kappa shape index (κ1) is 35.0. The third-order valence-electron chi connectivity index (χ3n) is 5.43. The van der Waals surface area contributed by atoms with E-state index in [4.69, 9.17) is 33.1 Å². The number of aliphatic carboxylic acids is 3. The Bertz CT molecular complexity index is 880. The summed E-state index contributed by atoms with van der Waals surface area (Å²) >= 11 is 0. The Morgan fingerprint density at radius 1 is 0.667 bits per heavy atom. The summed E-state index contributed by atoms with van der Waals surface area (Å²) in [6.07, 6.45) is -0.285. The molecule has 4 atom stereocenters. The zero-order valence-corrected chi connectivity index (χ0v) is 21.6. The minimum Gasteiger partial charge on any atom is -0.481 e. The van der Waals surface area contributed by atoms with E-state index < -0.39 is 72.6 Å². The summed E-state index contributed by atoms with van der Waals surface area (Å²) in [6.45, 7) is 0.439. The Kier molecular flexibility index (Phi) is 17.2. The van der Waals surface area contributed by atoms with Gasteiger partial charge in [0.25, 0.3) is 0 Å². The minimum absolute atomic E-state index is 0.00710. The van der Waals surface area contributed by atoms with E-state index in [2.05, 4.69) is 20.9 Å². The predicted molar refractivity (Wildman–Crippen MR) is 138 cm³/mol. The van der Waals surface area contributed by atoms with Gasteiger partial charge in [-0.05, 0) is 51.5 Å². The fraction of sp³-hybridized carbons (Fsp3) is 0.682. The van der Waals surface area contributed by atoms with Gasteiger partial charge in [-0.15, -0.1) is 0 Å². The first-order valence-electron chi connectivity index (χ1n) is 12.4. The van der Waals surface area contributed by atoms with E-state index in [1.165, 1.54) is 0 Å². The molecule has 17 nitrogen and oxygen atoms in total. The summed E-state index contributed by atoms with van der Waals surface area (Å²) in [5.41, 5.74) is 21.6. The second-order valence-electron chi connectivity index (χ2n) is 8.73. The number of carboxylic acid groups (broad SMARTS) is 3. The van der Waals surface area contributed by atoms with Gasteiger partial charge in [0.05, 0.1) is 6.04 Å². The van der Waals surface area contributed by atoms with Gasteiger partial charge in [-0.2, -0.15) is 0 Å². The molecule has 0 heterocycles. The number of nitrogens with zero attached hydrogens (tertiary/aromatic N) is 1. The second-order valence-corrected chi connectivity index (χ2v) is 8.73. The highest BCUT2D eigenvalue weighted by Gasteiger charge is 2.30. The summed E-state index contributed by atoms with van der Waals surface area (Å²) < 4.78 is 0. The van der Waals surface area contributed by atoms with Gasteiger partial charge in [0.15, 0.2) is 5.96 Å². The first-order valence-corrected chi connectivity index (χ1v) is 12.4. The number of hydrogen-bond donors (Lipinski definition) is 10. The topological polar surface area (TPSA) is 316 Å². The van der Waals surface area contributed by atoms with Crippen LogP contribution in [0.2, 0.25) is 0 Å². The maximum atomic E-state index is 13.0. The van der Waals surface area contributed by atoms with Crippen LogP contribution < -0.4 is 38.9 Å². The van der Waals surface area contributed by atoms with Crippen molar-refractivity contribution in [1.29, 1.82) is 0 Å². The average molecular weight is 561 g/mol. The molecule has 3 amide bonds. The number of carbonyl (C=O) groups is 6. The predicted octanol–water partition coefficient (Wildman–Crippen LogP) is -3.24. The van der Waals surface area contributed by atoms with Crippen molar-refractivity contribution in [2.45, 2.75) is 82.0 Å². The van der Waals surface area contributed by atoms with Gasteiger partial charge >= 0.3 is 17.9 Å². The Balaban J connectivity index is 5.56. The monoisotopic (exact) mass is 560 g/mol. The lowest BCUT2D eigenvalue weighted by Gasteiger charge is -2.25. The van der Waals surface area contributed by atoms with E-state index in [1.807, 2.05) is 0 Å². The molecular formula is C22H40N8O9. The lowest BCUT2D eigenvalue weighted by Crippen LogP contribution is -2.57. The van der Waals surface area contributed by atoms with Gasteiger partial charge < -0.3 is 54.2 Å². The summed E-state index contributed by atoms with van der Waals surface area (Å²) in [6, 6.07) is -5.23. The molecular weight excluding hydrogens is 520 g/mol. The third-order valence-corrected chi connectivity index (χ3v) is 5.43. The molecule has 0 aliphatic heterocycles. The highest BCUT2D eigenvalue weighted by atomic mass is 16.4. The molecule has 4 unspecified atom stereocenters. The van der Waals surface area contributed by atoms with Crippen molar-refractivity contribution < 1.29 is 44.1 Å². The average Bonchev–Trinajstić information content (AvgIpc) is 2.85. The summed E-state index contributed by atoms with van der Waals surface area (Å²) in [7, 11) is 0. The van der Waals surface area contributed by atoms with Gasteiger partial charge in [0.2, 0.25) is 17.7 Å². The Hall–Kier alpha value is -3.99. The molecule has 0 aliphatic rings. The molecule has 0 saturated carbocycles. The zero-order chi connectivity index (χ0) is 30.0. The van der Waals surface area contributed by atoms with E-state index in [0.29, 0.717) is 19.4 Å². The highest BCUT2D eigenvalue weighted by Crippen LogP contribution is 2.07. The van der Waals surface area contributed by atoms with Gasteiger partial charge in [-0.1, -0.05) is 0 Å². The molecule has 0 saturated heterocycles. The number of nitrogens with one attached hydrogen (secondary N) is 3. The first-order chi connectivity index (χ1) is 18.3. The van der Waals surface area contributed by atoms with Crippen molar-refractivity contribution in [3.05, 3.63) is 0 Å². The maximum Gasteiger partial charge on any atom is 0.326 e. The number of hydrogen-bond acceptors (Lipinski definition) is 9. The van der Waals surface area contributed by atoms with Gasteiger partial charge in [-0.25, -0.2) is 4.79 Å². The Labute approximate surface area is 225 Å². The largest absolute Gasteiger partial charge is 0.481 e. The normalized spacial score (nSPS) is 13.7. The summed E-state index contributed by atoms with van der Waals surface area (Å²) in [5, 5.41) is 34.4. The smallest absolute Gasteiger partial charge is 0.326 e. The van der Waals surface area contributed by atoms with E-state index in [0.717, 1.165) is 0 Å². The number of rotatable bonds is 21. The molecule has 14 N–H and O–H groups in total. The summed E-state index contributed by atoms with van der Waals surface area (Å²) in [5.74, 6) is -6.50. The zero-order valence-electron chi connectivity index (χ0n) is 21.6. The van der Waals surface area contributed by atoms with E-state index >= 15 is 0 Å². The number of carboxylic acids is 3. The molecule has 0 fully saturated rings. The van der Waals surface area contributed by atoms with Crippen LogP contribution in [0.5, 0.6) is 0 Å². The molecule has 0 aliphatic carbocycles. The van der Waals surface area contributed by atoms with Crippen LogP contribution >= 0.6 is 0 Å². The number of nitrogens with two attached hydrogens (primary N) is 4. The Morgan fingerprint density at radius 3 is 1.67 bits per heavy atom. The van der Waals surface area contributed by atoms with Crippen molar-refractivity contribution in [3.63, 3.8) is 0 Å². The molecule has 39 heavy (non-hydrogen) atoms. The van der Waals surface area contributed by atoms with Crippen molar-refractivity contribution in [2.75, 3.05) is 13.1 Å². The molecule has 222 valence electrons. The third kappa shape index (κ3) is 16.5. The number of aliphatic imine (C=N–C) groups is 1. The molecule has 0 aromatic carbocycles. The van der Waals surface area contributed by atoms with Crippen LogP contribution in [-0.4, -0.2) is 94.2 Å². The van der Waals surface area contributed by atoms with Crippen LogP contribution in [0.15, 0.2) is 4.99 Å². The van der Waals surface area contributed by atoms with Crippen molar-refractivity contribution in [1.82, 2.24) is 16.0 Å². The molecule has 0 spiro atoms. The SMILES string of the molecule is NCCCCC(NC(=O)C(CCC(=O)O)NC(=O)C(N)CCC(=O)O)C(=O)NC(CCCN=C(N)N)C(=O)O. The summed E-state index contributed by atoms with van der Waals surface area (Å²) in [4.78, 5) is 75.6. The van der Waals surface area contributed by atoms with Crippen LogP contribution in [0.25, 0.3) is 0 Å². The fourth-order valence-corrected chi connectivity index (χ4v) is 3.29. The lowest BCUT2D eigenvalue weighted by atomic mass is 10.0. The van der Waals surface area contributed by atoms with Crippen LogP contribution in [0.3, 0.4) is 0 Å². The molecule has 0 aromatic heterocycles. The van der Waals surface area contributed by atoms with Crippen LogP contribution in [0.1, 0.15) is 57.8 Å². The van der Waals surface area contributed by atoms with Gasteiger partial charge in [0.1, 0.15) is 18.1 Å². The molecule has 0 radical (unpaired) electrons. The fourth-order valence-electron chi connectivity index (χ4n) is 3.29. The quantitative estimate of drug-likeness (QED) is 0.0375. The maximum absolute atomic E-state index is 13.0. The number of amides is 3. The minimum atomic E-state index is -1.41. The Morgan fingerprint density at radius 2 is 1.15 bits per heavy atom. The second kappa shape index (κ2) is 19.1. The van der Waals surface area contributed by atoms with Crippen molar-refractivity contribution >= 4 is 41.6 Å². The number of unbranched alkanes of at least 4 members (excludes halogenated alkanes) is 1. The molecule has 0 bridgehead atoms. The highest BCUT2D eigenvalue weighted by molar-refractivity contribution is 5.94. The van der Waals surface area contributed by atoms with Crippen LogP contribution in [-0.2, 0) is 28.8 Å². The number of guanidine groups is 1. The molecule has 17 heteroatoms. The van der Waals surface area contributed by atoms with Gasteiger partial charge in [0, 0.05) is 19.4 Å². The van der Waals surface area contributed by atoms with E-state index in [1.54, 1.807) is 0 Å². The standard InChI is InChI=1S/C22H40N8O9/c23-10-2-1-4-13(19(36)30-15(21(38)39)5-3-11-27-22(25)26)29-20(37)14(7-9-17(33)34)28-18(35)12(24)6-8-16(31)32/h12-15H,1-11,23-24H2,(H,28,35)(H,29,37)(H,30,36)(H,31,32)(H,33,34)(H,38,39)(H4,25,26,27). The van der Waals surface area contributed by atoms with Crippen molar-refractivity contribution in [2.24, 2.45) is 27.9 Å². The lowest BCUT2D eigenvalue weighted by molar-refractivity contribution is -0.142. The van der Waals surface area contributed by atoms with Crippen LogP contribution in [0.4, 0.5) is 0 Å². The van der Waals surface area contributed by atoms with E-state index in [9.17, 15) is 33.9 Å². The molecule has 0 aromatic rings. The van der Waals surface area contributed by atoms with Crippen molar-refractivity contribution in [3.8, 4) is 0 Å². The molecule has 0 rings (SSSR count). The van der Waals surface area contributed by atoms with Gasteiger partial charge in [-0.3, -0.25) is 29.0 Å². The number of carbonyl (C=O) groups excluding carboxylic acids is 3. The van der Waals surface area contributed by atoms with E-state index in [-0.39, 0.29) is 44.6 Å².